The largest absolute Gasteiger partial charge is 0.335 e. The Bertz CT molecular complexity index is 1230. The number of nitrogens with zero attached hydrogens (tertiary/aromatic N) is 3. The zero-order valence-electron chi connectivity index (χ0n) is 22.7. The number of fused-ring (bicyclic) bond motifs is 1. The van der Waals surface area contributed by atoms with Gasteiger partial charge in [-0.15, -0.1) is 0 Å². The Labute approximate surface area is 221 Å². The Kier molecular flexibility index (Phi) is 9.37. The number of urea groups is 1. The minimum atomic E-state index is -0.316. The van der Waals surface area contributed by atoms with Gasteiger partial charge in [-0.25, -0.2) is 9.78 Å². The molecule has 1 atom stereocenters. The van der Waals surface area contributed by atoms with Crippen LogP contribution in [-0.2, 0) is 6.42 Å². The van der Waals surface area contributed by atoms with Gasteiger partial charge in [-0.1, -0.05) is 77.1 Å². The van der Waals surface area contributed by atoms with Crippen molar-refractivity contribution in [3.8, 4) is 5.69 Å². The third kappa shape index (κ3) is 6.23. The third-order valence-corrected chi connectivity index (χ3v) is 7.66. The zero-order chi connectivity index (χ0) is 26.2. The first kappa shape index (κ1) is 26.9. The lowest BCUT2D eigenvalue weighted by molar-refractivity contribution is 0.160. The second-order valence-corrected chi connectivity index (χ2v) is 10.3. The van der Waals surface area contributed by atoms with E-state index in [1.807, 2.05) is 41.3 Å². The second kappa shape index (κ2) is 12.9. The lowest BCUT2D eigenvalue weighted by atomic mass is 9.95. The SMILES string of the molecule is CCCCCN(C(=O)NC1CCCCC1)C(CC)c1nc2ccccc2c(=O)n1-c1ccc(CC)cc1. The van der Waals surface area contributed by atoms with Gasteiger partial charge < -0.3 is 10.2 Å². The summed E-state index contributed by atoms with van der Waals surface area (Å²) in [4.78, 5) is 34.6. The van der Waals surface area contributed by atoms with Crippen LogP contribution in [-0.4, -0.2) is 33.1 Å². The topological polar surface area (TPSA) is 67.2 Å². The van der Waals surface area contributed by atoms with Crippen LogP contribution in [0.25, 0.3) is 16.6 Å². The number of amides is 2. The molecule has 2 aromatic carbocycles. The van der Waals surface area contributed by atoms with Gasteiger partial charge in [0.2, 0.25) is 0 Å². The molecule has 0 saturated heterocycles. The Morgan fingerprint density at radius 3 is 2.43 bits per heavy atom. The summed E-state index contributed by atoms with van der Waals surface area (Å²) in [6, 6.07) is 15.5. The number of hydrogen-bond donors (Lipinski definition) is 1. The smallest absolute Gasteiger partial charge is 0.318 e. The Morgan fingerprint density at radius 1 is 1.03 bits per heavy atom. The van der Waals surface area contributed by atoms with Crippen molar-refractivity contribution in [2.45, 2.75) is 97.1 Å². The maximum Gasteiger partial charge on any atom is 0.318 e. The number of aromatic nitrogens is 2. The average molecular weight is 503 g/mol. The minimum absolute atomic E-state index is 0.0369. The summed E-state index contributed by atoms with van der Waals surface area (Å²) in [5.41, 5.74) is 2.58. The van der Waals surface area contributed by atoms with Crippen LogP contribution in [0.4, 0.5) is 4.79 Å². The van der Waals surface area contributed by atoms with Crippen LogP contribution in [0.2, 0.25) is 0 Å². The van der Waals surface area contributed by atoms with Crippen LogP contribution >= 0.6 is 0 Å². The quantitative estimate of drug-likeness (QED) is 0.306. The zero-order valence-corrected chi connectivity index (χ0v) is 22.7. The Balaban J connectivity index is 1.81. The normalized spacial score (nSPS) is 15.0. The number of unbranched alkanes of at least 4 members (excludes halogenated alkanes) is 2. The van der Waals surface area contributed by atoms with Crippen LogP contribution in [0, 0.1) is 0 Å². The molecule has 0 aliphatic heterocycles. The van der Waals surface area contributed by atoms with E-state index in [2.05, 4.69) is 38.2 Å². The summed E-state index contributed by atoms with van der Waals surface area (Å²) in [5.74, 6) is 0.630. The molecule has 6 heteroatoms. The molecule has 6 nitrogen and oxygen atoms in total. The van der Waals surface area contributed by atoms with Crippen molar-refractivity contribution in [1.29, 1.82) is 0 Å². The van der Waals surface area contributed by atoms with Gasteiger partial charge >= 0.3 is 6.03 Å². The summed E-state index contributed by atoms with van der Waals surface area (Å²) >= 11 is 0. The van der Waals surface area contributed by atoms with E-state index in [1.165, 1.54) is 12.0 Å². The molecule has 1 aliphatic rings. The highest BCUT2D eigenvalue weighted by atomic mass is 16.2. The minimum Gasteiger partial charge on any atom is -0.335 e. The van der Waals surface area contributed by atoms with Crippen LogP contribution in [0.3, 0.4) is 0 Å². The first-order valence-corrected chi connectivity index (χ1v) is 14.3. The molecule has 1 N–H and O–H groups in total. The van der Waals surface area contributed by atoms with Gasteiger partial charge in [-0.05, 0) is 61.9 Å². The molecule has 4 rings (SSSR count). The van der Waals surface area contributed by atoms with E-state index >= 15 is 0 Å². The van der Waals surface area contributed by atoms with Crippen molar-refractivity contribution in [2.24, 2.45) is 0 Å². The molecule has 2 amide bonds. The molecule has 1 aromatic heterocycles. The molecule has 1 heterocycles. The number of hydrogen-bond acceptors (Lipinski definition) is 3. The number of para-hydroxylation sites is 1. The number of rotatable bonds is 10. The van der Waals surface area contributed by atoms with Crippen molar-refractivity contribution in [1.82, 2.24) is 19.8 Å². The van der Waals surface area contributed by atoms with Crippen LogP contribution in [0.5, 0.6) is 0 Å². The molecular weight excluding hydrogens is 460 g/mol. The molecule has 3 aromatic rings. The lowest BCUT2D eigenvalue weighted by Gasteiger charge is -2.34. The monoisotopic (exact) mass is 502 g/mol. The highest BCUT2D eigenvalue weighted by Gasteiger charge is 2.30. The Morgan fingerprint density at radius 2 is 1.76 bits per heavy atom. The van der Waals surface area contributed by atoms with E-state index in [0.717, 1.165) is 57.1 Å². The maximum absolute atomic E-state index is 13.9. The fourth-order valence-electron chi connectivity index (χ4n) is 5.48. The molecule has 37 heavy (non-hydrogen) atoms. The van der Waals surface area contributed by atoms with Crippen molar-refractivity contribution in [3.63, 3.8) is 0 Å². The van der Waals surface area contributed by atoms with Gasteiger partial charge in [0.05, 0.1) is 22.6 Å². The molecule has 1 saturated carbocycles. The van der Waals surface area contributed by atoms with Crippen molar-refractivity contribution in [2.75, 3.05) is 6.54 Å². The van der Waals surface area contributed by atoms with Gasteiger partial charge in [0.25, 0.3) is 5.56 Å². The summed E-state index contributed by atoms with van der Waals surface area (Å²) in [6.45, 7) is 7.02. The van der Waals surface area contributed by atoms with E-state index in [4.69, 9.17) is 4.98 Å². The molecule has 1 unspecified atom stereocenters. The summed E-state index contributed by atoms with van der Waals surface area (Å²) in [7, 11) is 0. The fourth-order valence-corrected chi connectivity index (χ4v) is 5.48. The summed E-state index contributed by atoms with van der Waals surface area (Å²) < 4.78 is 1.73. The number of carbonyl (C=O) groups is 1. The predicted octanol–water partition coefficient (Wildman–Crippen LogP) is 6.93. The van der Waals surface area contributed by atoms with E-state index in [1.54, 1.807) is 4.57 Å². The van der Waals surface area contributed by atoms with Crippen LogP contribution in [0.15, 0.2) is 53.3 Å². The van der Waals surface area contributed by atoms with Gasteiger partial charge in [-0.3, -0.25) is 9.36 Å². The highest BCUT2D eigenvalue weighted by molar-refractivity contribution is 5.78. The van der Waals surface area contributed by atoms with E-state index in [9.17, 15) is 9.59 Å². The number of aryl methyl sites for hydroxylation is 1. The van der Waals surface area contributed by atoms with Gasteiger partial charge in [0, 0.05) is 12.6 Å². The number of carbonyl (C=O) groups excluding carboxylic acids is 1. The van der Waals surface area contributed by atoms with Crippen molar-refractivity contribution >= 4 is 16.9 Å². The van der Waals surface area contributed by atoms with Crippen molar-refractivity contribution < 1.29 is 4.79 Å². The summed E-state index contributed by atoms with van der Waals surface area (Å²) in [5, 5.41) is 3.92. The Hall–Kier alpha value is -3.15. The van der Waals surface area contributed by atoms with Crippen molar-refractivity contribution in [3.05, 3.63) is 70.3 Å². The maximum atomic E-state index is 13.9. The fraction of sp³-hybridized carbons (Fsp3) is 0.516. The van der Waals surface area contributed by atoms with Gasteiger partial charge in [-0.2, -0.15) is 0 Å². The van der Waals surface area contributed by atoms with Crippen LogP contribution in [0.1, 0.15) is 96.0 Å². The first-order chi connectivity index (χ1) is 18.1. The summed E-state index contributed by atoms with van der Waals surface area (Å²) in [6.07, 6.45) is 10.3. The van der Waals surface area contributed by atoms with Crippen LogP contribution < -0.4 is 10.9 Å². The highest BCUT2D eigenvalue weighted by Crippen LogP contribution is 2.27. The van der Waals surface area contributed by atoms with E-state index < -0.39 is 0 Å². The standard InChI is InChI=1S/C31H42N4O2/c1-4-7-13-22-34(31(37)32-24-14-9-8-10-15-24)28(6-3)29-33-27-17-12-11-16-26(27)30(36)35(29)25-20-18-23(5-2)19-21-25/h11-12,16-21,24,28H,4-10,13-15,22H2,1-3H3,(H,32,37). The van der Waals surface area contributed by atoms with E-state index in [-0.39, 0.29) is 23.7 Å². The van der Waals surface area contributed by atoms with E-state index in [0.29, 0.717) is 29.7 Å². The second-order valence-electron chi connectivity index (χ2n) is 10.3. The number of nitrogens with one attached hydrogen (secondary N) is 1. The molecular formula is C31H42N4O2. The molecule has 0 bridgehead atoms. The van der Waals surface area contributed by atoms with Gasteiger partial charge in [0.15, 0.2) is 0 Å². The molecule has 1 fully saturated rings. The first-order valence-electron chi connectivity index (χ1n) is 14.3. The number of benzene rings is 2. The lowest BCUT2D eigenvalue weighted by Crippen LogP contribution is -2.48. The molecule has 198 valence electrons. The van der Waals surface area contributed by atoms with Gasteiger partial charge in [0.1, 0.15) is 5.82 Å². The molecule has 0 spiro atoms. The average Bonchev–Trinajstić information content (AvgIpc) is 2.93. The molecule has 0 radical (unpaired) electrons. The third-order valence-electron chi connectivity index (χ3n) is 7.66. The predicted molar refractivity (Wildman–Crippen MR) is 151 cm³/mol. The molecule has 1 aliphatic carbocycles.